The van der Waals surface area contributed by atoms with Gasteiger partial charge in [0.2, 0.25) is 0 Å². The summed E-state index contributed by atoms with van der Waals surface area (Å²) in [6.45, 7) is 8.40. The van der Waals surface area contributed by atoms with Crippen LogP contribution in [0.3, 0.4) is 0 Å². The highest BCUT2D eigenvalue weighted by atomic mass is 16.5. The van der Waals surface area contributed by atoms with Crippen molar-refractivity contribution in [1.82, 2.24) is 9.47 Å². The Kier molecular flexibility index (Phi) is 3.85. The summed E-state index contributed by atoms with van der Waals surface area (Å²) in [4.78, 5) is 2.50. The molecule has 3 heteroatoms. The van der Waals surface area contributed by atoms with E-state index in [1.807, 2.05) is 0 Å². The number of aromatic nitrogens is 1. The molecule has 1 fully saturated rings. The van der Waals surface area contributed by atoms with E-state index in [9.17, 15) is 0 Å². The highest BCUT2D eigenvalue weighted by molar-refractivity contribution is 5.80. The lowest BCUT2D eigenvalue weighted by Gasteiger charge is -2.26. The van der Waals surface area contributed by atoms with Gasteiger partial charge in [-0.25, -0.2) is 0 Å². The van der Waals surface area contributed by atoms with Crippen LogP contribution >= 0.6 is 0 Å². The van der Waals surface area contributed by atoms with Gasteiger partial charge in [-0.05, 0) is 36.4 Å². The molecule has 0 unspecified atom stereocenters. The second-order valence-electron chi connectivity index (χ2n) is 5.38. The van der Waals surface area contributed by atoms with Crippen LogP contribution in [0.1, 0.15) is 12.0 Å². The first-order valence-electron chi connectivity index (χ1n) is 7.18. The van der Waals surface area contributed by atoms with Crippen LogP contribution < -0.4 is 0 Å². The van der Waals surface area contributed by atoms with E-state index in [1.54, 1.807) is 0 Å². The summed E-state index contributed by atoms with van der Waals surface area (Å²) in [5.74, 6) is 0. The number of morpholine rings is 1. The van der Waals surface area contributed by atoms with Crippen molar-refractivity contribution in [3.05, 3.63) is 36.0 Å². The third kappa shape index (κ3) is 2.99. The van der Waals surface area contributed by atoms with Gasteiger partial charge in [-0.15, -0.1) is 0 Å². The maximum atomic E-state index is 5.38. The molecule has 2 heterocycles. The van der Waals surface area contributed by atoms with Gasteiger partial charge in [0, 0.05) is 37.9 Å². The van der Waals surface area contributed by atoms with Crippen molar-refractivity contribution in [3.63, 3.8) is 0 Å². The standard InChI is InChI=1S/C16H22N2O/c1-14-3-4-15-5-8-18(16(15)13-14)7-2-6-17-9-11-19-12-10-17/h3-5,8,13H,2,6-7,9-12H2,1H3. The van der Waals surface area contributed by atoms with Crippen LogP contribution in [0.2, 0.25) is 0 Å². The van der Waals surface area contributed by atoms with Gasteiger partial charge < -0.3 is 9.30 Å². The average molecular weight is 258 g/mol. The van der Waals surface area contributed by atoms with Gasteiger partial charge in [0.05, 0.1) is 13.2 Å². The Morgan fingerprint density at radius 3 is 2.79 bits per heavy atom. The molecule has 0 aliphatic carbocycles. The van der Waals surface area contributed by atoms with Gasteiger partial charge in [-0.3, -0.25) is 4.90 Å². The lowest BCUT2D eigenvalue weighted by Crippen LogP contribution is -2.37. The minimum absolute atomic E-state index is 0.894. The molecule has 2 aromatic rings. The fourth-order valence-corrected chi connectivity index (χ4v) is 2.78. The maximum absolute atomic E-state index is 5.38. The molecule has 0 N–H and O–H groups in total. The molecule has 0 radical (unpaired) electrons. The van der Waals surface area contributed by atoms with E-state index < -0.39 is 0 Å². The Morgan fingerprint density at radius 1 is 1.11 bits per heavy atom. The Morgan fingerprint density at radius 2 is 1.95 bits per heavy atom. The van der Waals surface area contributed by atoms with Gasteiger partial charge in [0.1, 0.15) is 0 Å². The van der Waals surface area contributed by atoms with Gasteiger partial charge in [0.25, 0.3) is 0 Å². The summed E-state index contributed by atoms with van der Waals surface area (Å²) in [5.41, 5.74) is 2.70. The number of nitrogens with zero attached hydrogens (tertiary/aromatic N) is 2. The first-order valence-corrected chi connectivity index (χ1v) is 7.18. The Bertz CT molecular complexity index is 541. The van der Waals surface area contributed by atoms with Gasteiger partial charge in [-0.1, -0.05) is 12.1 Å². The lowest BCUT2D eigenvalue weighted by molar-refractivity contribution is 0.0370. The molecule has 0 amide bonds. The van der Waals surface area contributed by atoms with Crippen LogP contribution in [-0.4, -0.2) is 42.3 Å². The summed E-state index contributed by atoms with van der Waals surface area (Å²) < 4.78 is 7.75. The van der Waals surface area contributed by atoms with Crippen LogP contribution in [-0.2, 0) is 11.3 Å². The molecule has 0 saturated carbocycles. The van der Waals surface area contributed by atoms with Crippen LogP contribution in [0.4, 0.5) is 0 Å². The highest BCUT2D eigenvalue weighted by Gasteiger charge is 2.09. The smallest absolute Gasteiger partial charge is 0.0594 e. The van der Waals surface area contributed by atoms with Crippen molar-refractivity contribution in [2.45, 2.75) is 19.9 Å². The van der Waals surface area contributed by atoms with E-state index >= 15 is 0 Å². The molecular formula is C16H22N2O. The average Bonchev–Trinajstić information content (AvgIpc) is 2.83. The fourth-order valence-electron chi connectivity index (χ4n) is 2.78. The van der Waals surface area contributed by atoms with Crippen LogP contribution in [0, 0.1) is 6.92 Å². The second-order valence-corrected chi connectivity index (χ2v) is 5.38. The molecule has 102 valence electrons. The summed E-state index contributed by atoms with van der Waals surface area (Å²) >= 11 is 0. The minimum Gasteiger partial charge on any atom is -0.379 e. The Balaban J connectivity index is 1.60. The summed E-state index contributed by atoms with van der Waals surface area (Å²) in [6, 6.07) is 8.89. The number of benzene rings is 1. The van der Waals surface area contributed by atoms with Gasteiger partial charge >= 0.3 is 0 Å². The maximum Gasteiger partial charge on any atom is 0.0594 e. The van der Waals surface area contributed by atoms with Crippen molar-refractivity contribution in [2.24, 2.45) is 0 Å². The van der Waals surface area contributed by atoms with Crippen LogP contribution in [0.15, 0.2) is 30.5 Å². The zero-order chi connectivity index (χ0) is 13.1. The predicted octanol–water partition coefficient (Wildman–Crippen LogP) is 2.67. The van der Waals surface area contributed by atoms with E-state index in [-0.39, 0.29) is 0 Å². The van der Waals surface area contributed by atoms with Crippen molar-refractivity contribution in [1.29, 1.82) is 0 Å². The fraction of sp³-hybridized carbons (Fsp3) is 0.500. The number of hydrogen-bond acceptors (Lipinski definition) is 2. The van der Waals surface area contributed by atoms with E-state index in [1.165, 1.54) is 29.4 Å². The largest absolute Gasteiger partial charge is 0.379 e. The van der Waals surface area contributed by atoms with Gasteiger partial charge in [0.15, 0.2) is 0 Å². The molecule has 19 heavy (non-hydrogen) atoms. The molecule has 1 aliphatic heterocycles. The predicted molar refractivity (Wildman–Crippen MR) is 78.6 cm³/mol. The molecule has 0 bridgehead atoms. The second kappa shape index (κ2) is 5.76. The molecule has 3 rings (SSSR count). The molecule has 1 aromatic carbocycles. The zero-order valence-electron chi connectivity index (χ0n) is 11.6. The normalized spacial score (nSPS) is 17.1. The first-order chi connectivity index (χ1) is 9.33. The molecule has 1 aliphatic rings. The topological polar surface area (TPSA) is 17.4 Å². The number of hydrogen-bond donors (Lipinski definition) is 0. The molecule has 1 aromatic heterocycles. The molecular weight excluding hydrogens is 236 g/mol. The number of aryl methyl sites for hydroxylation is 2. The third-order valence-corrected chi connectivity index (χ3v) is 3.91. The van der Waals surface area contributed by atoms with E-state index in [0.29, 0.717) is 0 Å². The highest BCUT2D eigenvalue weighted by Crippen LogP contribution is 2.17. The zero-order valence-corrected chi connectivity index (χ0v) is 11.6. The molecule has 3 nitrogen and oxygen atoms in total. The Hall–Kier alpha value is -1.32. The van der Waals surface area contributed by atoms with Crippen molar-refractivity contribution >= 4 is 10.9 Å². The van der Waals surface area contributed by atoms with E-state index in [0.717, 1.165) is 32.8 Å². The van der Waals surface area contributed by atoms with E-state index in [4.69, 9.17) is 4.74 Å². The quantitative estimate of drug-likeness (QED) is 0.839. The monoisotopic (exact) mass is 258 g/mol. The summed E-state index contributed by atoms with van der Waals surface area (Å²) in [5, 5.41) is 1.34. The lowest BCUT2D eigenvalue weighted by atomic mass is 10.2. The summed E-state index contributed by atoms with van der Waals surface area (Å²) in [6.07, 6.45) is 3.42. The third-order valence-electron chi connectivity index (χ3n) is 3.91. The molecule has 0 spiro atoms. The van der Waals surface area contributed by atoms with E-state index in [2.05, 4.69) is 46.9 Å². The Labute approximate surface area is 114 Å². The SMILES string of the molecule is Cc1ccc2ccn(CCCN3CCOCC3)c2c1. The number of fused-ring (bicyclic) bond motifs is 1. The van der Waals surface area contributed by atoms with Crippen molar-refractivity contribution < 1.29 is 4.74 Å². The first kappa shape index (κ1) is 12.7. The van der Waals surface area contributed by atoms with Crippen molar-refractivity contribution in [3.8, 4) is 0 Å². The molecule has 0 atom stereocenters. The van der Waals surface area contributed by atoms with Crippen LogP contribution in [0.5, 0.6) is 0 Å². The number of ether oxygens (including phenoxy) is 1. The van der Waals surface area contributed by atoms with Crippen molar-refractivity contribution in [2.75, 3.05) is 32.8 Å². The van der Waals surface area contributed by atoms with Crippen LogP contribution in [0.25, 0.3) is 10.9 Å². The minimum atomic E-state index is 0.894. The van der Waals surface area contributed by atoms with Gasteiger partial charge in [-0.2, -0.15) is 0 Å². The number of rotatable bonds is 4. The summed E-state index contributed by atoms with van der Waals surface area (Å²) in [7, 11) is 0. The molecule has 1 saturated heterocycles.